The maximum absolute atomic E-state index is 14.0. The molecule has 2 aliphatic carbocycles. The average molecular weight is 403 g/mol. The van der Waals surface area contributed by atoms with Crippen LogP contribution in [-0.4, -0.2) is 17.1 Å². The number of cyclic esters (lactones) is 1. The highest BCUT2D eigenvalue weighted by Gasteiger charge is 2.45. The summed E-state index contributed by atoms with van der Waals surface area (Å²) in [6, 6.07) is 10.6. The van der Waals surface area contributed by atoms with E-state index in [0.717, 1.165) is 23.3 Å². The van der Waals surface area contributed by atoms with Gasteiger partial charge >= 0.3 is 5.97 Å². The minimum atomic E-state index is -0.243. The summed E-state index contributed by atoms with van der Waals surface area (Å²) in [5, 5.41) is 0. The van der Waals surface area contributed by atoms with Gasteiger partial charge in [0.25, 0.3) is 0 Å². The number of esters is 1. The molecule has 0 N–H and O–H groups in total. The Hall–Kier alpha value is -2.75. The van der Waals surface area contributed by atoms with Crippen LogP contribution in [0.1, 0.15) is 44.7 Å². The molecule has 154 valence electrons. The van der Waals surface area contributed by atoms with Crippen LogP contribution in [0.5, 0.6) is 0 Å². The lowest BCUT2D eigenvalue weighted by Crippen LogP contribution is -2.33. The fraction of sp³-hybridized carbons (Fsp3) is 0.385. The molecule has 0 radical (unpaired) electrons. The number of ether oxygens (including phenoxy) is 1. The highest BCUT2D eigenvalue weighted by molar-refractivity contribution is 5.93. The molecule has 1 aliphatic heterocycles. The van der Waals surface area contributed by atoms with E-state index in [9.17, 15) is 9.18 Å². The number of nitrogens with zero attached hydrogens (tertiary/aromatic N) is 1. The molecule has 2 aromatic rings. The zero-order valence-corrected chi connectivity index (χ0v) is 17.2. The van der Waals surface area contributed by atoms with E-state index in [4.69, 9.17) is 4.74 Å². The first-order valence-electron chi connectivity index (χ1n) is 10.9. The van der Waals surface area contributed by atoms with Crippen molar-refractivity contribution in [3.63, 3.8) is 0 Å². The number of carbonyl (C=O) groups excluding carboxylic acids is 1. The lowest BCUT2D eigenvalue weighted by molar-refractivity contribution is -0.139. The van der Waals surface area contributed by atoms with Gasteiger partial charge in [-0.05, 0) is 61.8 Å². The number of halogens is 1. The van der Waals surface area contributed by atoms with Gasteiger partial charge < -0.3 is 4.74 Å². The van der Waals surface area contributed by atoms with Gasteiger partial charge in [0.1, 0.15) is 11.9 Å². The number of benzene rings is 1. The number of hydrogen-bond donors (Lipinski definition) is 0. The summed E-state index contributed by atoms with van der Waals surface area (Å²) in [4.78, 5) is 16.9. The third-order valence-corrected chi connectivity index (χ3v) is 7.02. The van der Waals surface area contributed by atoms with Crippen molar-refractivity contribution < 1.29 is 13.9 Å². The highest BCUT2D eigenvalue weighted by atomic mass is 19.1. The van der Waals surface area contributed by atoms with Crippen molar-refractivity contribution in [3.8, 4) is 11.1 Å². The summed E-state index contributed by atoms with van der Waals surface area (Å²) in [7, 11) is 0. The lowest BCUT2D eigenvalue weighted by Gasteiger charge is -2.40. The molecule has 1 fully saturated rings. The molecule has 30 heavy (non-hydrogen) atoms. The third-order valence-electron chi connectivity index (χ3n) is 7.02. The maximum atomic E-state index is 14.0. The normalized spacial score (nSPS) is 28.4. The van der Waals surface area contributed by atoms with Gasteiger partial charge in [-0.25, -0.2) is 9.18 Å². The van der Waals surface area contributed by atoms with E-state index in [1.165, 1.54) is 37.3 Å². The summed E-state index contributed by atoms with van der Waals surface area (Å²) in [5.41, 5.74) is 4.27. The van der Waals surface area contributed by atoms with E-state index in [1.807, 2.05) is 31.2 Å². The topological polar surface area (TPSA) is 39.2 Å². The van der Waals surface area contributed by atoms with Gasteiger partial charge in [-0.2, -0.15) is 0 Å². The molecule has 0 bridgehead atoms. The van der Waals surface area contributed by atoms with Gasteiger partial charge in [-0.1, -0.05) is 43.2 Å². The molecule has 3 aliphatic rings. The molecule has 4 heteroatoms. The number of allylic oxidation sites excluding steroid dienone is 1. The quantitative estimate of drug-likeness (QED) is 0.593. The van der Waals surface area contributed by atoms with Gasteiger partial charge in [-0.15, -0.1) is 0 Å². The van der Waals surface area contributed by atoms with Gasteiger partial charge in [0.05, 0.1) is 5.69 Å². The second-order valence-corrected chi connectivity index (χ2v) is 8.73. The van der Waals surface area contributed by atoms with Crippen molar-refractivity contribution in [2.24, 2.45) is 17.8 Å². The summed E-state index contributed by atoms with van der Waals surface area (Å²) >= 11 is 0. The third kappa shape index (κ3) is 3.38. The summed E-state index contributed by atoms with van der Waals surface area (Å²) < 4.78 is 19.6. The highest BCUT2D eigenvalue weighted by Crippen LogP contribution is 2.50. The number of pyridine rings is 1. The summed E-state index contributed by atoms with van der Waals surface area (Å²) in [5.74, 6) is 1.01. The molecular weight excluding hydrogens is 377 g/mol. The second kappa shape index (κ2) is 7.82. The first-order valence-corrected chi connectivity index (χ1v) is 10.9. The van der Waals surface area contributed by atoms with E-state index in [2.05, 4.69) is 11.1 Å². The molecule has 4 atom stereocenters. The van der Waals surface area contributed by atoms with Crippen LogP contribution in [0.3, 0.4) is 0 Å². The van der Waals surface area contributed by atoms with E-state index in [-0.39, 0.29) is 23.8 Å². The predicted octanol–water partition coefficient (Wildman–Crippen LogP) is 5.97. The number of fused-ring (bicyclic) bond motifs is 1. The van der Waals surface area contributed by atoms with Gasteiger partial charge in [-0.3, -0.25) is 4.98 Å². The fourth-order valence-corrected chi connectivity index (χ4v) is 5.59. The minimum absolute atomic E-state index is 0.118. The largest absolute Gasteiger partial charge is 0.455 e. The Morgan fingerprint density at radius 1 is 1.13 bits per heavy atom. The lowest BCUT2D eigenvalue weighted by atomic mass is 9.63. The zero-order chi connectivity index (χ0) is 20.7. The average Bonchev–Trinajstić information content (AvgIpc) is 3.05. The SMILES string of the molecule is C[C@H]1OC(=O)C2=C1C(/C=C/c1ccc(-c3ccccc3F)cn1)[C@@H]1CCCC[C@H]1C2. The number of carbonyl (C=O) groups is 1. The first-order chi connectivity index (χ1) is 14.6. The van der Waals surface area contributed by atoms with Crippen molar-refractivity contribution in [3.05, 3.63) is 71.3 Å². The monoisotopic (exact) mass is 403 g/mol. The summed E-state index contributed by atoms with van der Waals surface area (Å²) in [6.07, 6.45) is 11.6. The van der Waals surface area contributed by atoms with Crippen molar-refractivity contribution in [1.29, 1.82) is 0 Å². The Labute approximate surface area is 176 Å². The van der Waals surface area contributed by atoms with Crippen LogP contribution in [-0.2, 0) is 9.53 Å². The van der Waals surface area contributed by atoms with E-state index in [0.29, 0.717) is 17.4 Å². The maximum Gasteiger partial charge on any atom is 0.334 e. The Bertz CT molecular complexity index is 1020. The van der Waals surface area contributed by atoms with Gasteiger partial charge in [0.2, 0.25) is 0 Å². The zero-order valence-electron chi connectivity index (χ0n) is 17.2. The van der Waals surface area contributed by atoms with Crippen LogP contribution < -0.4 is 0 Å². The molecule has 1 unspecified atom stereocenters. The standard InChI is InChI=1S/C26H26FNO2/c1-16-25-22(20-7-3-2-6-17(20)14-23(25)26(29)30-16)13-12-19-11-10-18(15-28-19)21-8-4-5-9-24(21)27/h4-5,8-13,15-17,20,22H,2-3,6-7,14H2,1H3/b13-12+/t16-,17+,20-,22?/m1/s1. The molecule has 0 spiro atoms. The van der Waals surface area contributed by atoms with Crippen LogP contribution in [0.2, 0.25) is 0 Å². The van der Waals surface area contributed by atoms with E-state index in [1.54, 1.807) is 18.3 Å². The Morgan fingerprint density at radius 3 is 2.77 bits per heavy atom. The van der Waals surface area contributed by atoms with Crippen molar-refractivity contribution in [2.45, 2.75) is 45.1 Å². The number of aromatic nitrogens is 1. The first kappa shape index (κ1) is 19.2. The van der Waals surface area contributed by atoms with Crippen LogP contribution >= 0.6 is 0 Å². The van der Waals surface area contributed by atoms with Crippen molar-refractivity contribution in [1.82, 2.24) is 4.98 Å². The van der Waals surface area contributed by atoms with E-state index >= 15 is 0 Å². The number of hydrogen-bond acceptors (Lipinski definition) is 3. The Morgan fingerprint density at radius 2 is 1.97 bits per heavy atom. The minimum Gasteiger partial charge on any atom is -0.455 e. The van der Waals surface area contributed by atoms with Crippen LogP contribution in [0.25, 0.3) is 17.2 Å². The van der Waals surface area contributed by atoms with Crippen LogP contribution in [0.4, 0.5) is 4.39 Å². The van der Waals surface area contributed by atoms with Crippen molar-refractivity contribution in [2.75, 3.05) is 0 Å². The van der Waals surface area contributed by atoms with E-state index < -0.39 is 0 Å². The molecular formula is C26H26FNO2. The Balaban J connectivity index is 1.43. The smallest absolute Gasteiger partial charge is 0.334 e. The molecule has 2 heterocycles. The molecule has 1 aromatic carbocycles. The predicted molar refractivity (Wildman–Crippen MR) is 115 cm³/mol. The number of rotatable bonds is 3. The molecule has 0 amide bonds. The molecule has 1 aromatic heterocycles. The summed E-state index contributed by atoms with van der Waals surface area (Å²) in [6.45, 7) is 1.99. The molecule has 0 saturated heterocycles. The van der Waals surface area contributed by atoms with Crippen LogP contribution in [0, 0.1) is 23.6 Å². The van der Waals surface area contributed by atoms with Gasteiger partial charge in [0.15, 0.2) is 0 Å². The second-order valence-electron chi connectivity index (χ2n) is 8.73. The van der Waals surface area contributed by atoms with Crippen molar-refractivity contribution >= 4 is 12.0 Å². The molecule has 5 rings (SSSR count). The Kier molecular flexibility index (Phi) is 5.01. The fourth-order valence-electron chi connectivity index (χ4n) is 5.59. The van der Waals surface area contributed by atoms with Gasteiger partial charge in [0, 0.05) is 28.8 Å². The molecule has 3 nitrogen and oxygen atoms in total. The molecule has 1 saturated carbocycles. The van der Waals surface area contributed by atoms with Crippen LogP contribution in [0.15, 0.2) is 59.8 Å².